The molecule has 3 aliphatic rings. The van der Waals surface area contributed by atoms with Crippen molar-refractivity contribution in [1.82, 2.24) is 0 Å². The van der Waals surface area contributed by atoms with Crippen molar-refractivity contribution in [2.45, 2.75) is 109 Å². The molecule has 10 atom stereocenters. The third-order valence-electron chi connectivity index (χ3n) is 9.28. The van der Waals surface area contributed by atoms with E-state index < -0.39 is 42.9 Å². The van der Waals surface area contributed by atoms with E-state index in [1.165, 1.54) is 0 Å². The van der Waals surface area contributed by atoms with Crippen molar-refractivity contribution in [2.24, 2.45) is 22.7 Å². The molecule has 1 unspecified atom stereocenters. The number of ether oxygens (including phenoxy) is 2. The molecule has 0 spiro atoms. The third kappa shape index (κ3) is 5.39. The Morgan fingerprint density at radius 1 is 1.03 bits per heavy atom. The smallest absolute Gasteiger partial charge is 0.186 e. The Morgan fingerprint density at radius 2 is 1.74 bits per heavy atom. The maximum atomic E-state index is 11.4. The average molecular weight is 487 g/mol. The molecule has 2 saturated carbocycles. The molecular formula is C26H46O8. The van der Waals surface area contributed by atoms with Crippen LogP contribution in [0.15, 0.2) is 11.6 Å². The molecule has 2 aliphatic carbocycles. The Balaban J connectivity index is 1.76. The minimum Gasteiger partial charge on any atom is -0.394 e. The molecule has 6 N–H and O–H groups in total. The fourth-order valence-corrected chi connectivity index (χ4v) is 7.36. The van der Waals surface area contributed by atoms with E-state index in [1.54, 1.807) is 0 Å². The molecule has 0 aromatic carbocycles. The summed E-state index contributed by atoms with van der Waals surface area (Å²) < 4.78 is 11.6. The predicted molar refractivity (Wildman–Crippen MR) is 127 cm³/mol. The van der Waals surface area contributed by atoms with Crippen LogP contribution < -0.4 is 0 Å². The predicted octanol–water partition coefficient (Wildman–Crippen LogP) is 1.50. The number of hydrogen-bond donors (Lipinski definition) is 6. The number of rotatable bonds is 8. The molecule has 198 valence electrons. The van der Waals surface area contributed by atoms with Crippen LogP contribution in [-0.4, -0.2) is 86.8 Å². The number of aliphatic hydroxyl groups is 6. The summed E-state index contributed by atoms with van der Waals surface area (Å²) in [4.78, 5) is 0. The van der Waals surface area contributed by atoms with Crippen molar-refractivity contribution < 1.29 is 40.1 Å². The van der Waals surface area contributed by atoms with Crippen LogP contribution in [0, 0.1) is 22.7 Å². The molecule has 1 aliphatic heterocycles. The van der Waals surface area contributed by atoms with E-state index in [9.17, 15) is 30.6 Å². The van der Waals surface area contributed by atoms with Gasteiger partial charge in [-0.15, -0.1) is 0 Å². The summed E-state index contributed by atoms with van der Waals surface area (Å²) in [6, 6.07) is 0. The van der Waals surface area contributed by atoms with Crippen molar-refractivity contribution in [1.29, 1.82) is 0 Å². The second-order valence-corrected chi connectivity index (χ2v) is 11.8. The van der Waals surface area contributed by atoms with Crippen molar-refractivity contribution in [3.8, 4) is 0 Å². The van der Waals surface area contributed by atoms with E-state index in [1.807, 2.05) is 19.9 Å². The first-order valence-corrected chi connectivity index (χ1v) is 12.8. The molecule has 1 heterocycles. The Labute approximate surface area is 203 Å². The summed E-state index contributed by atoms with van der Waals surface area (Å²) in [6.07, 6.45) is 1.69. The Hall–Kier alpha value is -0.580. The second-order valence-electron chi connectivity index (χ2n) is 11.8. The van der Waals surface area contributed by atoms with Gasteiger partial charge in [-0.05, 0) is 75.0 Å². The van der Waals surface area contributed by atoms with Gasteiger partial charge in [-0.3, -0.25) is 0 Å². The highest BCUT2D eigenvalue weighted by Crippen LogP contribution is 2.63. The van der Waals surface area contributed by atoms with Gasteiger partial charge in [-0.1, -0.05) is 31.9 Å². The van der Waals surface area contributed by atoms with E-state index >= 15 is 0 Å². The van der Waals surface area contributed by atoms with Gasteiger partial charge in [0.15, 0.2) is 6.29 Å². The molecule has 0 bridgehead atoms. The van der Waals surface area contributed by atoms with Gasteiger partial charge in [0.25, 0.3) is 0 Å². The minimum atomic E-state index is -1.45. The fraction of sp³-hybridized carbons (Fsp3) is 0.923. The first-order chi connectivity index (χ1) is 15.9. The number of allylic oxidation sites excluding steroid dienone is 1. The lowest BCUT2D eigenvalue weighted by molar-refractivity contribution is -0.310. The lowest BCUT2D eigenvalue weighted by Crippen LogP contribution is -2.61. The van der Waals surface area contributed by atoms with Gasteiger partial charge in [-0.2, -0.15) is 0 Å². The molecule has 8 nitrogen and oxygen atoms in total. The maximum absolute atomic E-state index is 11.4. The summed E-state index contributed by atoms with van der Waals surface area (Å²) >= 11 is 0. The van der Waals surface area contributed by atoms with Crippen LogP contribution in [0.5, 0.6) is 0 Å². The normalized spacial score (nSPS) is 47.9. The van der Waals surface area contributed by atoms with Gasteiger partial charge in [-0.25, -0.2) is 0 Å². The Morgan fingerprint density at radius 3 is 2.38 bits per heavy atom. The molecule has 0 radical (unpaired) electrons. The first-order valence-electron chi connectivity index (χ1n) is 12.8. The zero-order valence-electron chi connectivity index (χ0n) is 21.2. The lowest BCUT2D eigenvalue weighted by atomic mass is 9.45. The van der Waals surface area contributed by atoms with Crippen molar-refractivity contribution in [2.75, 3.05) is 19.8 Å². The van der Waals surface area contributed by atoms with Crippen molar-refractivity contribution >= 4 is 0 Å². The minimum absolute atomic E-state index is 0.0279. The molecule has 34 heavy (non-hydrogen) atoms. The molecular weight excluding hydrogens is 440 g/mol. The Bertz CT molecular complexity index is 709. The molecule has 3 rings (SSSR count). The van der Waals surface area contributed by atoms with Crippen molar-refractivity contribution in [3.63, 3.8) is 0 Å². The summed E-state index contributed by atoms with van der Waals surface area (Å²) in [7, 11) is 0. The third-order valence-corrected chi connectivity index (χ3v) is 9.28. The molecule has 0 aromatic heterocycles. The fourth-order valence-electron chi connectivity index (χ4n) is 7.36. The molecule has 0 amide bonds. The number of fused-ring (bicyclic) bond motifs is 1. The standard InChI is InChI=1S/C26H46O8/c1-16(9-13-27)6-7-19-25(3)11-5-10-24(2,18(25)8-12-26(19,4)32)15-33-23-22(31)21(30)20(29)17(14-28)34-23/h9,17-23,27-32H,5-8,10-15H2,1-4H3/b16-9+/t17-,18?,19-,20-,21+,22-,23-,24-,25+,26-/m1/s1. The highest BCUT2D eigenvalue weighted by Gasteiger charge is 2.59. The highest BCUT2D eigenvalue weighted by atomic mass is 16.7. The average Bonchev–Trinajstić information content (AvgIpc) is 2.76. The molecule has 1 saturated heterocycles. The maximum Gasteiger partial charge on any atom is 0.186 e. The summed E-state index contributed by atoms with van der Waals surface area (Å²) in [5, 5.41) is 60.6. The quantitative estimate of drug-likeness (QED) is 0.284. The summed E-state index contributed by atoms with van der Waals surface area (Å²) in [5.74, 6) is 0.402. The van der Waals surface area contributed by atoms with Crippen LogP contribution in [0.1, 0.15) is 72.6 Å². The van der Waals surface area contributed by atoms with E-state index in [-0.39, 0.29) is 23.4 Å². The first kappa shape index (κ1) is 28.0. The summed E-state index contributed by atoms with van der Waals surface area (Å²) in [6.45, 7) is 8.34. The van der Waals surface area contributed by atoms with E-state index in [0.717, 1.165) is 44.1 Å². The van der Waals surface area contributed by atoms with Crippen LogP contribution in [0.3, 0.4) is 0 Å². The SMILES string of the molecule is C/C(=C\CO)CC[C@@H]1[C@@]2(C)CCC[C@](C)(CO[C@@H]3O[C@H](CO)[C@@H](O)[C@H](O)[C@H]3O)C2CC[C@@]1(C)O. The molecule has 0 aromatic rings. The molecule has 3 fully saturated rings. The lowest BCUT2D eigenvalue weighted by Gasteiger charge is -2.62. The van der Waals surface area contributed by atoms with Gasteiger partial charge in [0.05, 0.1) is 25.4 Å². The largest absolute Gasteiger partial charge is 0.394 e. The van der Waals surface area contributed by atoms with E-state index in [2.05, 4.69) is 13.8 Å². The zero-order valence-corrected chi connectivity index (χ0v) is 21.2. The van der Waals surface area contributed by atoms with Crippen molar-refractivity contribution in [3.05, 3.63) is 11.6 Å². The van der Waals surface area contributed by atoms with Crippen LogP contribution in [0.4, 0.5) is 0 Å². The van der Waals surface area contributed by atoms with Gasteiger partial charge in [0.1, 0.15) is 24.4 Å². The van der Waals surface area contributed by atoms with E-state index in [4.69, 9.17) is 9.47 Å². The topological polar surface area (TPSA) is 140 Å². The van der Waals surface area contributed by atoms with Crippen LogP contribution in [0.25, 0.3) is 0 Å². The van der Waals surface area contributed by atoms with Crippen LogP contribution >= 0.6 is 0 Å². The number of hydrogen-bond acceptors (Lipinski definition) is 8. The van der Waals surface area contributed by atoms with Crippen LogP contribution in [-0.2, 0) is 9.47 Å². The second kappa shape index (κ2) is 10.8. The number of aliphatic hydroxyl groups excluding tert-OH is 5. The monoisotopic (exact) mass is 486 g/mol. The Kier molecular flexibility index (Phi) is 8.90. The van der Waals surface area contributed by atoms with Crippen LogP contribution in [0.2, 0.25) is 0 Å². The highest BCUT2D eigenvalue weighted by molar-refractivity contribution is 5.10. The van der Waals surface area contributed by atoms with E-state index in [0.29, 0.717) is 18.9 Å². The van der Waals surface area contributed by atoms with Gasteiger partial charge >= 0.3 is 0 Å². The van der Waals surface area contributed by atoms with Gasteiger partial charge < -0.3 is 40.1 Å². The summed E-state index contributed by atoms with van der Waals surface area (Å²) in [5.41, 5.74) is 0.0681. The zero-order chi connectivity index (χ0) is 25.3. The van der Waals surface area contributed by atoms with Gasteiger partial charge in [0, 0.05) is 0 Å². The van der Waals surface area contributed by atoms with Gasteiger partial charge in [0.2, 0.25) is 0 Å². The molecule has 8 heteroatoms.